The second-order valence-corrected chi connectivity index (χ2v) is 6.70. The summed E-state index contributed by atoms with van der Waals surface area (Å²) in [5.74, 6) is 1.37. The lowest BCUT2D eigenvalue weighted by Crippen LogP contribution is -2.47. The van der Waals surface area contributed by atoms with Crippen LogP contribution in [0, 0.1) is 0 Å². The van der Waals surface area contributed by atoms with Gasteiger partial charge in [0, 0.05) is 24.4 Å². The van der Waals surface area contributed by atoms with Gasteiger partial charge >= 0.3 is 0 Å². The van der Waals surface area contributed by atoms with Crippen molar-refractivity contribution in [2.24, 2.45) is 0 Å². The van der Waals surface area contributed by atoms with E-state index in [0.717, 1.165) is 17.7 Å². The number of aromatic nitrogens is 2. The van der Waals surface area contributed by atoms with Crippen molar-refractivity contribution in [3.8, 4) is 17.1 Å². The fourth-order valence-electron chi connectivity index (χ4n) is 2.46. The number of hydrogen-bond acceptors (Lipinski definition) is 6. The first-order valence-electron chi connectivity index (χ1n) is 9.49. The van der Waals surface area contributed by atoms with Gasteiger partial charge in [0.2, 0.25) is 23.5 Å². The quantitative estimate of drug-likeness (QED) is 0.648. The first kappa shape index (κ1) is 21.4. The first-order valence-corrected chi connectivity index (χ1v) is 9.49. The zero-order valence-corrected chi connectivity index (χ0v) is 16.8. The van der Waals surface area contributed by atoms with E-state index in [1.54, 1.807) is 14.0 Å². The molecule has 0 fully saturated rings. The van der Waals surface area contributed by atoms with Crippen molar-refractivity contribution in [2.75, 3.05) is 7.11 Å². The molecule has 0 bridgehead atoms. The molecule has 8 heteroatoms. The van der Waals surface area contributed by atoms with Crippen molar-refractivity contribution in [1.29, 1.82) is 0 Å². The molecule has 0 aliphatic rings. The molecular formula is C20H28N4O4. The molecule has 0 saturated heterocycles. The van der Waals surface area contributed by atoms with Crippen LogP contribution in [-0.2, 0) is 16.0 Å². The Morgan fingerprint density at radius 1 is 1.18 bits per heavy atom. The van der Waals surface area contributed by atoms with Crippen LogP contribution in [0.1, 0.15) is 45.9 Å². The van der Waals surface area contributed by atoms with Crippen LogP contribution in [0.5, 0.6) is 5.75 Å². The highest BCUT2D eigenvalue weighted by molar-refractivity contribution is 5.87. The van der Waals surface area contributed by atoms with E-state index in [2.05, 4.69) is 20.8 Å². The van der Waals surface area contributed by atoms with Crippen molar-refractivity contribution < 1.29 is 18.8 Å². The minimum Gasteiger partial charge on any atom is -0.497 e. The van der Waals surface area contributed by atoms with Crippen molar-refractivity contribution in [1.82, 2.24) is 20.8 Å². The summed E-state index contributed by atoms with van der Waals surface area (Å²) in [6, 6.07) is 6.89. The van der Waals surface area contributed by atoms with Crippen LogP contribution in [0.25, 0.3) is 11.4 Å². The van der Waals surface area contributed by atoms with Crippen molar-refractivity contribution >= 4 is 11.8 Å². The van der Waals surface area contributed by atoms with Crippen molar-refractivity contribution in [3.05, 3.63) is 30.2 Å². The van der Waals surface area contributed by atoms with Crippen LogP contribution in [0.4, 0.5) is 0 Å². The lowest BCUT2D eigenvalue weighted by molar-refractivity contribution is -0.129. The third-order valence-electron chi connectivity index (χ3n) is 4.38. The monoisotopic (exact) mass is 388 g/mol. The lowest BCUT2D eigenvalue weighted by Gasteiger charge is -2.17. The molecular weight excluding hydrogens is 360 g/mol. The zero-order chi connectivity index (χ0) is 20.5. The van der Waals surface area contributed by atoms with E-state index in [1.807, 2.05) is 38.1 Å². The fourth-order valence-corrected chi connectivity index (χ4v) is 2.46. The highest BCUT2D eigenvalue weighted by Gasteiger charge is 2.17. The molecule has 1 aromatic carbocycles. The molecule has 2 N–H and O–H groups in total. The number of nitrogens with zero attached hydrogens (tertiary/aromatic N) is 2. The smallest absolute Gasteiger partial charge is 0.242 e. The molecule has 1 heterocycles. The van der Waals surface area contributed by atoms with E-state index < -0.39 is 6.04 Å². The van der Waals surface area contributed by atoms with Gasteiger partial charge in [0.25, 0.3) is 0 Å². The molecule has 1 aromatic heterocycles. The first-order chi connectivity index (χ1) is 13.4. The third kappa shape index (κ3) is 6.37. The summed E-state index contributed by atoms with van der Waals surface area (Å²) < 4.78 is 10.4. The number of amides is 2. The van der Waals surface area contributed by atoms with Gasteiger partial charge < -0.3 is 19.9 Å². The maximum absolute atomic E-state index is 12.0. The Morgan fingerprint density at radius 3 is 2.54 bits per heavy atom. The van der Waals surface area contributed by atoms with Gasteiger partial charge in [-0.05, 0) is 51.0 Å². The molecule has 0 radical (unpaired) electrons. The Bertz CT molecular complexity index is 773. The van der Waals surface area contributed by atoms with Crippen LogP contribution >= 0.6 is 0 Å². The van der Waals surface area contributed by atoms with E-state index >= 15 is 0 Å². The number of nitrogens with one attached hydrogen (secondary N) is 2. The minimum atomic E-state index is -0.563. The second-order valence-electron chi connectivity index (χ2n) is 6.70. The molecule has 2 aromatic rings. The number of rotatable bonds is 10. The predicted molar refractivity (Wildman–Crippen MR) is 105 cm³/mol. The van der Waals surface area contributed by atoms with Gasteiger partial charge in [-0.15, -0.1) is 0 Å². The molecule has 2 unspecified atom stereocenters. The molecule has 0 saturated carbocycles. The van der Waals surface area contributed by atoms with Gasteiger partial charge in [-0.3, -0.25) is 9.59 Å². The highest BCUT2D eigenvalue weighted by atomic mass is 16.5. The Morgan fingerprint density at radius 2 is 1.89 bits per heavy atom. The van der Waals surface area contributed by atoms with E-state index in [-0.39, 0.29) is 24.3 Å². The molecule has 2 rings (SSSR count). The second kappa shape index (κ2) is 10.4. The predicted octanol–water partition coefficient (Wildman–Crippen LogP) is 2.49. The maximum Gasteiger partial charge on any atom is 0.242 e. The maximum atomic E-state index is 12.0. The number of methoxy groups -OCH3 is 1. The van der Waals surface area contributed by atoms with Crippen LogP contribution < -0.4 is 15.4 Å². The number of hydrogen-bond donors (Lipinski definition) is 2. The Hall–Kier alpha value is -2.90. The number of aryl methyl sites for hydroxylation is 1. The summed E-state index contributed by atoms with van der Waals surface area (Å²) >= 11 is 0. The average Bonchev–Trinajstić information content (AvgIpc) is 3.16. The topological polar surface area (TPSA) is 106 Å². The minimum absolute atomic E-state index is 0.0873. The van der Waals surface area contributed by atoms with Crippen LogP contribution in [0.15, 0.2) is 28.8 Å². The van der Waals surface area contributed by atoms with E-state index in [9.17, 15) is 9.59 Å². The molecule has 0 aliphatic heterocycles. The van der Waals surface area contributed by atoms with E-state index in [4.69, 9.17) is 9.26 Å². The summed E-state index contributed by atoms with van der Waals surface area (Å²) in [6.07, 6.45) is 2.16. The van der Waals surface area contributed by atoms with Gasteiger partial charge in [0.15, 0.2) is 0 Å². The van der Waals surface area contributed by atoms with Crippen LogP contribution in [0.3, 0.4) is 0 Å². The summed E-state index contributed by atoms with van der Waals surface area (Å²) in [5.41, 5.74) is 0.828. The molecule has 28 heavy (non-hydrogen) atoms. The summed E-state index contributed by atoms with van der Waals surface area (Å²) in [7, 11) is 1.61. The van der Waals surface area contributed by atoms with Gasteiger partial charge in [0.05, 0.1) is 7.11 Å². The molecule has 152 valence electrons. The van der Waals surface area contributed by atoms with E-state index in [1.165, 1.54) is 0 Å². The fraction of sp³-hybridized carbons (Fsp3) is 0.500. The Kier molecular flexibility index (Phi) is 7.98. The Balaban J connectivity index is 1.76. The van der Waals surface area contributed by atoms with Gasteiger partial charge in [-0.1, -0.05) is 12.1 Å². The zero-order valence-electron chi connectivity index (χ0n) is 16.8. The molecule has 8 nitrogen and oxygen atoms in total. The molecule has 0 spiro atoms. The molecule has 2 atom stereocenters. The van der Waals surface area contributed by atoms with Crippen molar-refractivity contribution in [3.63, 3.8) is 0 Å². The van der Waals surface area contributed by atoms with Gasteiger partial charge in [-0.25, -0.2) is 0 Å². The Labute approximate surface area is 165 Å². The number of ether oxygens (including phenoxy) is 1. The van der Waals surface area contributed by atoms with Gasteiger partial charge in [-0.2, -0.15) is 4.98 Å². The largest absolute Gasteiger partial charge is 0.497 e. The molecule has 2 amide bonds. The molecule has 0 aliphatic carbocycles. The average molecular weight is 388 g/mol. The normalized spacial score (nSPS) is 12.9. The summed E-state index contributed by atoms with van der Waals surface area (Å²) in [5, 5.41) is 9.52. The number of benzene rings is 1. The third-order valence-corrected chi connectivity index (χ3v) is 4.38. The van der Waals surface area contributed by atoms with Crippen LogP contribution in [0.2, 0.25) is 0 Å². The summed E-state index contributed by atoms with van der Waals surface area (Å²) in [6.45, 7) is 5.59. The lowest BCUT2D eigenvalue weighted by atomic mass is 10.2. The highest BCUT2D eigenvalue weighted by Crippen LogP contribution is 2.20. The SMILES string of the molecule is CCC(C)NC(=O)C(C)NC(=O)CCCc1nc(-c2ccc(OC)cc2)no1. The van der Waals surface area contributed by atoms with Crippen LogP contribution in [-0.4, -0.2) is 41.1 Å². The van der Waals surface area contributed by atoms with E-state index in [0.29, 0.717) is 24.6 Å². The standard InChI is InChI=1S/C20H28N4O4/c1-5-13(2)21-20(26)14(3)22-17(25)7-6-8-18-23-19(24-28-18)15-9-11-16(27-4)12-10-15/h9-14H,5-8H2,1-4H3,(H,21,26)(H,22,25). The van der Waals surface area contributed by atoms with Gasteiger partial charge in [0.1, 0.15) is 11.8 Å². The number of carbonyl (C=O) groups excluding carboxylic acids is 2. The number of carbonyl (C=O) groups is 2. The van der Waals surface area contributed by atoms with Crippen molar-refractivity contribution in [2.45, 2.75) is 58.5 Å². The summed E-state index contributed by atoms with van der Waals surface area (Å²) in [4.78, 5) is 28.3.